The third-order valence-corrected chi connectivity index (χ3v) is 3.38. The first-order valence-electron chi connectivity index (χ1n) is 5.62. The molecule has 1 heteroatoms. The Bertz CT molecular complexity index is 504. The van der Waals surface area contributed by atoms with Crippen LogP contribution in [-0.4, -0.2) is 6.54 Å². The molecule has 0 radical (unpaired) electrons. The molecule has 0 amide bonds. The maximum atomic E-state index is 5.64. The van der Waals surface area contributed by atoms with Crippen molar-refractivity contribution < 1.29 is 0 Å². The van der Waals surface area contributed by atoms with Crippen LogP contribution in [0.1, 0.15) is 16.7 Å². The SMILES string of the molecule is NCCc1ccc2c3c(cccc13)CC2. The molecule has 0 fully saturated rings. The van der Waals surface area contributed by atoms with Gasteiger partial charge in [0.05, 0.1) is 0 Å². The molecule has 1 aliphatic carbocycles. The normalized spacial score (nSPS) is 13.7. The molecule has 0 atom stereocenters. The molecule has 1 nitrogen and oxygen atoms in total. The Morgan fingerprint density at radius 3 is 2.60 bits per heavy atom. The highest BCUT2D eigenvalue weighted by molar-refractivity contribution is 5.93. The van der Waals surface area contributed by atoms with Gasteiger partial charge in [-0.1, -0.05) is 30.3 Å². The van der Waals surface area contributed by atoms with Crippen molar-refractivity contribution in [3.63, 3.8) is 0 Å². The highest BCUT2D eigenvalue weighted by atomic mass is 14.5. The van der Waals surface area contributed by atoms with E-state index in [1.54, 1.807) is 0 Å². The Kier molecular flexibility index (Phi) is 2.00. The van der Waals surface area contributed by atoms with Crippen LogP contribution in [0.2, 0.25) is 0 Å². The average molecular weight is 197 g/mol. The third kappa shape index (κ3) is 1.27. The van der Waals surface area contributed by atoms with E-state index in [1.165, 1.54) is 40.3 Å². The fraction of sp³-hybridized carbons (Fsp3) is 0.286. The highest BCUT2D eigenvalue weighted by Crippen LogP contribution is 2.32. The van der Waals surface area contributed by atoms with E-state index in [0.717, 1.165) is 13.0 Å². The first kappa shape index (κ1) is 8.93. The Morgan fingerprint density at radius 1 is 1.00 bits per heavy atom. The van der Waals surface area contributed by atoms with Crippen LogP contribution in [0, 0.1) is 0 Å². The lowest BCUT2D eigenvalue weighted by Crippen LogP contribution is -2.03. The van der Waals surface area contributed by atoms with Crippen molar-refractivity contribution >= 4 is 10.8 Å². The molecule has 0 spiro atoms. The summed E-state index contributed by atoms with van der Waals surface area (Å²) in [6.45, 7) is 0.735. The number of hydrogen-bond acceptors (Lipinski definition) is 1. The van der Waals surface area contributed by atoms with E-state index in [-0.39, 0.29) is 0 Å². The zero-order chi connectivity index (χ0) is 10.3. The summed E-state index contributed by atoms with van der Waals surface area (Å²) < 4.78 is 0. The van der Waals surface area contributed by atoms with E-state index in [4.69, 9.17) is 5.73 Å². The molecule has 0 aromatic heterocycles. The van der Waals surface area contributed by atoms with Crippen LogP contribution in [0.5, 0.6) is 0 Å². The molecule has 3 rings (SSSR count). The molecule has 0 saturated carbocycles. The molecule has 2 N–H and O–H groups in total. The molecule has 0 heterocycles. The summed E-state index contributed by atoms with van der Waals surface area (Å²) in [7, 11) is 0. The largest absolute Gasteiger partial charge is 0.330 e. The van der Waals surface area contributed by atoms with E-state index >= 15 is 0 Å². The van der Waals surface area contributed by atoms with Crippen molar-refractivity contribution in [1.82, 2.24) is 0 Å². The van der Waals surface area contributed by atoms with E-state index in [1.807, 2.05) is 0 Å². The lowest BCUT2D eigenvalue weighted by molar-refractivity contribution is 0.976. The highest BCUT2D eigenvalue weighted by Gasteiger charge is 2.14. The van der Waals surface area contributed by atoms with Crippen LogP contribution in [0.25, 0.3) is 10.8 Å². The first-order chi connectivity index (χ1) is 7.40. The molecule has 0 saturated heterocycles. The molecule has 1 aliphatic rings. The Morgan fingerprint density at radius 2 is 1.80 bits per heavy atom. The zero-order valence-corrected chi connectivity index (χ0v) is 8.79. The molecule has 2 aromatic rings. The van der Waals surface area contributed by atoms with E-state index in [2.05, 4.69) is 30.3 Å². The number of nitrogens with two attached hydrogens (primary N) is 1. The van der Waals surface area contributed by atoms with Crippen molar-refractivity contribution in [1.29, 1.82) is 0 Å². The minimum Gasteiger partial charge on any atom is -0.330 e. The topological polar surface area (TPSA) is 26.0 Å². The van der Waals surface area contributed by atoms with Gasteiger partial charge in [0.2, 0.25) is 0 Å². The summed E-state index contributed by atoms with van der Waals surface area (Å²) in [6.07, 6.45) is 3.40. The second kappa shape index (κ2) is 3.35. The van der Waals surface area contributed by atoms with E-state index < -0.39 is 0 Å². The molecule has 0 unspecified atom stereocenters. The van der Waals surface area contributed by atoms with Gasteiger partial charge in [-0.25, -0.2) is 0 Å². The first-order valence-corrected chi connectivity index (χ1v) is 5.62. The molecule has 0 aliphatic heterocycles. The number of benzene rings is 2. The molecule has 15 heavy (non-hydrogen) atoms. The minimum atomic E-state index is 0.735. The lowest BCUT2D eigenvalue weighted by atomic mass is 9.98. The quantitative estimate of drug-likeness (QED) is 0.786. The van der Waals surface area contributed by atoms with Crippen molar-refractivity contribution in [2.45, 2.75) is 19.3 Å². The minimum absolute atomic E-state index is 0.735. The van der Waals surface area contributed by atoms with Gasteiger partial charge in [0.1, 0.15) is 0 Å². The number of rotatable bonds is 2. The summed E-state index contributed by atoms with van der Waals surface area (Å²) in [5.74, 6) is 0. The molecule has 2 aromatic carbocycles. The van der Waals surface area contributed by atoms with E-state index in [0.29, 0.717) is 0 Å². The van der Waals surface area contributed by atoms with Gasteiger partial charge >= 0.3 is 0 Å². The molecular formula is C14H15N. The van der Waals surface area contributed by atoms with Gasteiger partial charge in [-0.3, -0.25) is 0 Å². The molecule has 76 valence electrons. The zero-order valence-electron chi connectivity index (χ0n) is 8.79. The van der Waals surface area contributed by atoms with Gasteiger partial charge in [0.15, 0.2) is 0 Å². The summed E-state index contributed by atoms with van der Waals surface area (Å²) >= 11 is 0. The average Bonchev–Trinajstić information content (AvgIpc) is 2.68. The molecular weight excluding hydrogens is 182 g/mol. The predicted molar refractivity (Wildman–Crippen MR) is 64.1 cm³/mol. The van der Waals surface area contributed by atoms with Crippen molar-refractivity contribution in [2.24, 2.45) is 5.73 Å². The Balaban J connectivity index is 2.33. The van der Waals surface area contributed by atoms with Gasteiger partial charge in [-0.2, -0.15) is 0 Å². The Labute approximate surface area is 89.9 Å². The lowest BCUT2D eigenvalue weighted by Gasteiger charge is -2.07. The fourth-order valence-corrected chi connectivity index (χ4v) is 2.68. The number of hydrogen-bond donors (Lipinski definition) is 1. The fourth-order valence-electron chi connectivity index (χ4n) is 2.68. The van der Waals surface area contributed by atoms with Crippen LogP contribution in [0.15, 0.2) is 30.3 Å². The third-order valence-electron chi connectivity index (χ3n) is 3.38. The maximum Gasteiger partial charge on any atom is -0.00365 e. The number of aryl methyl sites for hydroxylation is 2. The van der Waals surface area contributed by atoms with Crippen LogP contribution in [0.3, 0.4) is 0 Å². The van der Waals surface area contributed by atoms with Crippen molar-refractivity contribution in [3.8, 4) is 0 Å². The summed E-state index contributed by atoms with van der Waals surface area (Å²) in [5.41, 5.74) is 10.1. The van der Waals surface area contributed by atoms with Crippen LogP contribution >= 0.6 is 0 Å². The monoisotopic (exact) mass is 197 g/mol. The predicted octanol–water partition coefficient (Wildman–Crippen LogP) is 2.44. The van der Waals surface area contributed by atoms with Crippen molar-refractivity contribution in [2.75, 3.05) is 6.54 Å². The van der Waals surface area contributed by atoms with Crippen LogP contribution in [0.4, 0.5) is 0 Å². The van der Waals surface area contributed by atoms with Crippen LogP contribution in [-0.2, 0) is 19.3 Å². The van der Waals surface area contributed by atoms with Gasteiger partial charge < -0.3 is 5.73 Å². The van der Waals surface area contributed by atoms with Crippen LogP contribution < -0.4 is 5.73 Å². The van der Waals surface area contributed by atoms with Gasteiger partial charge in [-0.15, -0.1) is 0 Å². The van der Waals surface area contributed by atoms with Gasteiger partial charge in [0.25, 0.3) is 0 Å². The second-order valence-corrected chi connectivity index (χ2v) is 4.26. The second-order valence-electron chi connectivity index (χ2n) is 4.26. The van der Waals surface area contributed by atoms with Gasteiger partial charge in [0, 0.05) is 0 Å². The summed E-state index contributed by atoms with van der Waals surface area (Å²) in [5, 5.41) is 2.93. The maximum absolute atomic E-state index is 5.64. The molecule has 0 bridgehead atoms. The van der Waals surface area contributed by atoms with Crippen molar-refractivity contribution in [3.05, 3.63) is 47.0 Å². The van der Waals surface area contributed by atoms with Gasteiger partial charge in [-0.05, 0) is 53.3 Å². The smallest absolute Gasteiger partial charge is 0.00365 e. The Hall–Kier alpha value is -1.34. The summed E-state index contributed by atoms with van der Waals surface area (Å²) in [6, 6.07) is 11.2. The standard InChI is InChI=1S/C14H15N/c15-9-8-10-4-5-12-7-6-11-2-1-3-13(10)14(11)12/h1-5H,6-9,15H2. The summed E-state index contributed by atoms with van der Waals surface area (Å²) in [4.78, 5) is 0. The van der Waals surface area contributed by atoms with E-state index in [9.17, 15) is 0 Å².